The number of hydrogen-bond donors (Lipinski definition) is 3. The van der Waals surface area contributed by atoms with Crippen LogP contribution in [0.3, 0.4) is 0 Å². The molecule has 1 aliphatic carbocycles. The third kappa shape index (κ3) is 6.27. The molecule has 3 atom stereocenters. The molecule has 1 aromatic rings. The van der Waals surface area contributed by atoms with Gasteiger partial charge in [0.2, 0.25) is 0 Å². The van der Waals surface area contributed by atoms with E-state index in [0.29, 0.717) is 45.8 Å². The van der Waals surface area contributed by atoms with Crippen molar-refractivity contribution in [2.75, 3.05) is 33.5 Å². The number of rotatable bonds is 9. The van der Waals surface area contributed by atoms with Gasteiger partial charge >= 0.3 is 0 Å². The Bertz CT molecular complexity index is 464. The zero-order valence-electron chi connectivity index (χ0n) is 13.9. The normalized spacial score (nSPS) is 26.3. The van der Waals surface area contributed by atoms with Gasteiger partial charge in [0.25, 0.3) is 0 Å². The molecule has 138 valence electrons. The molecule has 0 spiro atoms. The summed E-state index contributed by atoms with van der Waals surface area (Å²) in [6.45, 7) is 2.69. The largest absolute Gasteiger partial charge is 0.390 e. The summed E-state index contributed by atoms with van der Waals surface area (Å²) in [7, 11) is 1.62. The molecule has 0 radical (unpaired) electrons. The highest BCUT2D eigenvalue weighted by atomic mass is 35.5. The van der Waals surface area contributed by atoms with Gasteiger partial charge in [0.15, 0.2) is 0 Å². The van der Waals surface area contributed by atoms with Gasteiger partial charge in [0.05, 0.1) is 32.0 Å². The quantitative estimate of drug-likeness (QED) is 0.580. The maximum Gasteiger partial charge on any atom is 0.123 e. The first-order valence-corrected chi connectivity index (χ1v) is 7.93. The van der Waals surface area contributed by atoms with Crippen LogP contribution in [-0.2, 0) is 16.0 Å². The van der Waals surface area contributed by atoms with Gasteiger partial charge in [-0.25, -0.2) is 4.39 Å². The van der Waals surface area contributed by atoms with Crippen molar-refractivity contribution in [1.82, 2.24) is 5.32 Å². The summed E-state index contributed by atoms with van der Waals surface area (Å²) in [4.78, 5) is 0. The smallest absolute Gasteiger partial charge is 0.123 e. The van der Waals surface area contributed by atoms with Crippen molar-refractivity contribution in [3.05, 3.63) is 35.6 Å². The summed E-state index contributed by atoms with van der Waals surface area (Å²) in [6, 6.07) is 6.35. The Balaban J connectivity index is 0.00000288. The number of methoxy groups -OCH3 is 1. The Morgan fingerprint density at radius 2 is 1.79 bits per heavy atom. The molecule has 7 heteroatoms. The number of aliphatic hydroxyl groups excluding tert-OH is 2. The Hall–Kier alpha value is -0.760. The molecule has 24 heavy (non-hydrogen) atoms. The number of nitrogens with one attached hydrogen (secondary N) is 1. The lowest BCUT2D eigenvalue weighted by Crippen LogP contribution is -2.37. The second kappa shape index (κ2) is 10.3. The molecule has 0 bridgehead atoms. The van der Waals surface area contributed by atoms with E-state index in [1.165, 1.54) is 12.1 Å². The molecule has 5 nitrogen and oxygen atoms in total. The lowest BCUT2D eigenvalue weighted by atomic mass is 9.86. The monoisotopic (exact) mass is 363 g/mol. The van der Waals surface area contributed by atoms with Crippen molar-refractivity contribution in [3.63, 3.8) is 0 Å². The first-order chi connectivity index (χ1) is 11.0. The molecule has 2 rings (SSSR count). The fraction of sp³-hybridized carbons (Fsp3) is 0.647. The molecule has 0 heterocycles. The van der Waals surface area contributed by atoms with Gasteiger partial charge in [-0.1, -0.05) is 12.1 Å². The van der Waals surface area contributed by atoms with Crippen molar-refractivity contribution in [1.29, 1.82) is 0 Å². The average molecular weight is 364 g/mol. The van der Waals surface area contributed by atoms with E-state index >= 15 is 0 Å². The summed E-state index contributed by atoms with van der Waals surface area (Å²) in [5.74, 6) is -0.251. The minimum absolute atomic E-state index is 0. The molecule has 1 saturated carbocycles. The van der Waals surface area contributed by atoms with E-state index in [9.17, 15) is 14.6 Å². The zero-order chi connectivity index (χ0) is 16.7. The molecular formula is C17H27ClFNO4. The average Bonchev–Trinajstić information content (AvgIpc) is 2.81. The van der Waals surface area contributed by atoms with Gasteiger partial charge < -0.3 is 25.0 Å². The predicted octanol–water partition coefficient (Wildman–Crippen LogP) is 1.50. The van der Waals surface area contributed by atoms with Gasteiger partial charge in [-0.05, 0) is 30.5 Å². The second-order valence-corrected chi connectivity index (χ2v) is 6.32. The molecule has 1 aliphatic rings. The van der Waals surface area contributed by atoms with Crippen LogP contribution in [-0.4, -0.2) is 55.9 Å². The van der Waals surface area contributed by atoms with E-state index in [1.54, 1.807) is 19.2 Å². The van der Waals surface area contributed by atoms with E-state index in [-0.39, 0.29) is 23.6 Å². The first kappa shape index (κ1) is 21.3. The van der Waals surface area contributed by atoms with Crippen LogP contribution >= 0.6 is 12.4 Å². The number of benzene rings is 1. The molecular weight excluding hydrogens is 337 g/mol. The number of hydrogen-bond acceptors (Lipinski definition) is 5. The van der Waals surface area contributed by atoms with E-state index < -0.39 is 12.2 Å². The summed E-state index contributed by atoms with van der Waals surface area (Å²) < 4.78 is 23.5. The van der Waals surface area contributed by atoms with Gasteiger partial charge in [0, 0.05) is 25.6 Å². The third-order valence-corrected chi connectivity index (χ3v) is 4.31. The lowest BCUT2D eigenvalue weighted by Gasteiger charge is -2.29. The number of ether oxygens (including phenoxy) is 2. The SMILES string of the molecule is COCCOCC1(CNCc2ccc(F)cc2)C[C@@H](O)[C@@H](O)C1.Cl. The molecule has 1 unspecified atom stereocenters. The van der Waals surface area contributed by atoms with Crippen LogP contribution in [0.5, 0.6) is 0 Å². The fourth-order valence-electron chi connectivity index (χ4n) is 3.06. The van der Waals surface area contributed by atoms with E-state index in [0.717, 1.165) is 5.56 Å². The topological polar surface area (TPSA) is 71.0 Å². The standard InChI is InChI=1S/C17H26FNO4.ClH/c1-22-6-7-23-12-17(8-15(20)16(21)9-17)11-19-10-13-2-4-14(18)5-3-13;/h2-5,15-16,19-21H,6-12H2,1H3;1H/t15-,16+,17?;. The molecule has 0 saturated heterocycles. The minimum Gasteiger partial charge on any atom is -0.390 e. The Morgan fingerprint density at radius 1 is 1.17 bits per heavy atom. The van der Waals surface area contributed by atoms with E-state index in [2.05, 4.69) is 5.32 Å². The van der Waals surface area contributed by atoms with Gasteiger partial charge in [-0.15, -0.1) is 12.4 Å². The van der Waals surface area contributed by atoms with Crippen LogP contribution < -0.4 is 5.32 Å². The van der Waals surface area contributed by atoms with Gasteiger partial charge in [0.1, 0.15) is 5.82 Å². The molecule has 1 aromatic carbocycles. The summed E-state index contributed by atoms with van der Waals surface area (Å²) >= 11 is 0. The minimum atomic E-state index is -0.714. The summed E-state index contributed by atoms with van der Waals surface area (Å²) in [5, 5.41) is 23.1. The predicted molar refractivity (Wildman–Crippen MR) is 91.7 cm³/mol. The maximum atomic E-state index is 12.9. The highest BCUT2D eigenvalue weighted by Gasteiger charge is 2.44. The molecule has 0 aromatic heterocycles. The molecule has 0 aliphatic heterocycles. The molecule has 1 fully saturated rings. The highest BCUT2D eigenvalue weighted by Crippen LogP contribution is 2.38. The summed E-state index contributed by atoms with van der Waals surface area (Å²) in [6.07, 6.45) is -0.433. The van der Waals surface area contributed by atoms with Crippen molar-refractivity contribution < 1.29 is 24.1 Å². The maximum absolute atomic E-state index is 12.9. The summed E-state index contributed by atoms with van der Waals surface area (Å²) in [5.41, 5.74) is 0.688. The Labute approximate surface area is 148 Å². The highest BCUT2D eigenvalue weighted by molar-refractivity contribution is 5.85. The van der Waals surface area contributed by atoms with Crippen LogP contribution in [0.15, 0.2) is 24.3 Å². The van der Waals surface area contributed by atoms with Crippen LogP contribution in [0, 0.1) is 11.2 Å². The Morgan fingerprint density at radius 3 is 2.38 bits per heavy atom. The van der Waals surface area contributed by atoms with Crippen molar-refractivity contribution >= 4 is 12.4 Å². The van der Waals surface area contributed by atoms with Crippen LogP contribution in [0.2, 0.25) is 0 Å². The zero-order valence-corrected chi connectivity index (χ0v) is 14.7. The third-order valence-electron chi connectivity index (χ3n) is 4.31. The van der Waals surface area contributed by atoms with Gasteiger partial charge in [-0.3, -0.25) is 0 Å². The van der Waals surface area contributed by atoms with Crippen molar-refractivity contribution in [3.8, 4) is 0 Å². The van der Waals surface area contributed by atoms with Gasteiger partial charge in [-0.2, -0.15) is 0 Å². The lowest BCUT2D eigenvalue weighted by molar-refractivity contribution is 0.0111. The van der Waals surface area contributed by atoms with Crippen molar-refractivity contribution in [2.24, 2.45) is 5.41 Å². The van der Waals surface area contributed by atoms with E-state index in [1.807, 2.05) is 0 Å². The van der Waals surface area contributed by atoms with Crippen LogP contribution in [0.1, 0.15) is 18.4 Å². The Kier molecular flexibility index (Phi) is 9.12. The van der Waals surface area contributed by atoms with Crippen LogP contribution in [0.25, 0.3) is 0 Å². The molecule has 3 N–H and O–H groups in total. The first-order valence-electron chi connectivity index (χ1n) is 7.93. The van der Waals surface area contributed by atoms with Crippen LogP contribution in [0.4, 0.5) is 4.39 Å². The number of halogens is 2. The number of aliphatic hydroxyl groups is 2. The van der Waals surface area contributed by atoms with Crippen molar-refractivity contribution in [2.45, 2.75) is 31.6 Å². The second-order valence-electron chi connectivity index (χ2n) is 6.32. The molecule has 0 amide bonds. The van der Waals surface area contributed by atoms with E-state index in [4.69, 9.17) is 9.47 Å². The fourth-order valence-corrected chi connectivity index (χ4v) is 3.06.